The molecule has 0 saturated heterocycles. The fourth-order valence-electron chi connectivity index (χ4n) is 4.46. The lowest BCUT2D eigenvalue weighted by Gasteiger charge is -2.43. The van der Waals surface area contributed by atoms with Gasteiger partial charge in [0.15, 0.2) is 17.5 Å². The highest BCUT2D eigenvalue weighted by atomic mass is 19.2. The lowest BCUT2D eigenvalue weighted by Crippen LogP contribution is -2.46. The molecule has 2 aliphatic rings. The normalized spacial score (nSPS) is 34.5. The summed E-state index contributed by atoms with van der Waals surface area (Å²) in [4.78, 5) is 0. The van der Waals surface area contributed by atoms with Gasteiger partial charge in [-0.05, 0) is 48.1 Å². The summed E-state index contributed by atoms with van der Waals surface area (Å²) in [6.45, 7) is 6.56. The monoisotopic (exact) mass is 283 g/mol. The summed E-state index contributed by atoms with van der Waals surface area (Å²) in [5.74, 6) is -3.06. The molecule has 3 atom stereocenters. The molecule has 110 valence electrons. The molecule has 20 heavy (non-hydrogen) atoms. The van der Waals surface area contributed by atoms with E-state index in [9.17, 15) is 13.2 Å². The molecular weight excluding hydrogens is 263 g/mol. The maximum atomic E-state index is 13.9. The van der Waals surface area contributed by atoms with E-state index in [-0.39, 0.29) is 22.6 Å². The summed E-state index contributed by atoms with van der Waals surface area (Å²) in [6.07, 6.45) is 3.41. The third kappa shape index (κ3) is 1.76. The van der Waals surface area contributed by atoms with Gasteiger partial charge in [0.1, 0.15) is 0 Å². The van der Waals surface area contributed by atoms with Crippen LogP contribution in [-0.2, 0) is 0 Å². The van der Waals surface area contributed by atoms with Crippen molar-refractivity contribution in [1.29, 1.82) is 0 Å². The highest BCUT2D eigenvalue weighted by Gasteiger charge is 2.59. The first-order chi connectivity index (χ1) is 9.25. The maximum absolute atomic E-state index is 13.9. The molecule has 2 fully saturated rings. The molecule has 1 N–H and O–H groups in total. The molecule has 0 spiro atoms. The van der Waals surface area contributed by atoms with Crippen molar-refractivity contribution in [2.24, 2.45) is 16.7 Å². The van der Waals surface area contributed by atoms with Crippen molar-refractivity contribution in [3.8, 4) is 0 Å². The molecule has 3 rings (SSSR count). The van der Waals surface area contributed by atoms with Gasteiger partial charge in [0.25, 0.3) is 0 Å². The van der Waals surface area contributed by atoms with Crippen LogP contribution in [0.15, 0.2) is 12.1 Å². The van der Waals surface area contributed by atoms with Crippen LogP contribution in [0, 0.1) is 34.2 Å². The van der Waals surface area contributed by atoms with Crippen LogP contribution in [-0.4, -0.2) is 6.04 Å². The van der Waals surface area contributed by atoms with Gasteiger partial charge in [0.05, 0.1) is 5.69 Å². The summed E-state index contributed by atoms with van der Waals surface area (Å²) in [7, 11) is 0. The largest absolute Gasteiger partial charge is 0.379 e. The molecule has 0 amide bonds. The quantitative estimate of drug-likeness (QED) is 0.774. The lowest BCUT2D eigenvalue weighted by atomic mass is 9.68. The Kier molecular flexibility index (Phi) is 2.86. The van der Waals surface area contributed by atoms with Crippen LogP contribution in [0.4, 0.5) is 18.9 Å². The zero-order valence-corrected chi connectivity index (χ0v) is 12.1. The molecule has 4 heteroatoms. The van der Waals surface area contributed by atoms with Gasteiger partial charge in [-0.2, -0.15) is 0 Å². The minimum absolute atomic E-state index is 0.0320. The number of rotatable bonds is 2. The van der Waals surface area contributed by atoms with Crippen molar-refractivity contribution >= 4 is 5.69 Å². The summed E-state index contributed by atoms with van der Waals surface area (Å²) in [5.41, 5.74) is 0.200. The van der Waals surface area contributed by atoms with E-state index in [2.05, 4.69) is 26.1 Å². The predicted octanol–water partition coefficient (Wildman–Crippen LogP) is 4.73. The van der Waals surface area contributed by atoms with Crippen molar-refractivity contribution in [2.75, 3.05) is 5.32 Å². The van der Waals surface area contributed by atoms with E-state index < -0.39 is 17.5 Å². The number of hydrogen-bond donors (Lipinski definition) is 1. The predicted molar refractivity (Wildman–Crippen MR) is 73.0 cm³/mol. The SMILES string of the molecule is CC1(C)C(Nc2ccc(F)c(F)c2F)[C@]2(C)CC[C@H]1C2. The number of fused-ring (bicyclic) bond motifs is 2. The number of halogens is 3. The molecule has 2 saturated carbocycles. The van der Waals surface area contributed by atoms with Crippen LogP contribution >= 0.6 is 0 Å². The van der Waals surface area contributed by atoms with Crippen molar-refractivity contribution in [3.05, 3.63) is 29.6 Å². The summed E-state index contributed by atoms with van der Waals surface area (Å²) < 4.78 is 40.2. The zero-order valence-electron chi connectivity index (χ0n) is 12.1. The minimum atomic E-state index is -1.40. The second-order valence-electron chi connectivity index (χ2n) is 7.22. The smallest absolute Gasteiger partial charge is 0.196 e. The Balaban J connectivity index is 1.94. The number of hydrogen-bond acceptors (Lipinski definition) is 1. The first kappa shape index (κ1) is 13.8. The Morgan fingerprint density at radius 3 is 2.40 bits per heavy atom. The van der Waals surface area contributed by atoms with E-state index in [1.807, 2.05) is 0 Å². The van der Waals surface area contributed by atoms with Gasteiger partial charge in [0.2, 0.25) is 0 Å². The number of nitrogens with one attached hydrogen (secondary N) is 1. The molecular formula is C16H20F3N. The first-order valence-corrected chi connectivity index (χ1v) is 7.16. The van der Waals surface area contributed by atoms with Crippen LogP contribution in [0.2, 0.25) is 0 Å². The van der Waals surface area contributed by atoms with Crippen LogP contribution < -0.4 is 5.32 Å². The van der Waals surface area contributed by atoms with Gasteiger partial charge in [-0.1, -0.05) is 20.8 Å². The topological polar surface area (TPSA) is 12.0 Å². The second-order valence-corrected chi connectivity index (χ2v) is 7.22. The third-order valence-electron chi connectivity index (χ3n) is 5.60. The van der Waals surface area contributed by atoms with Crippen molar-refractivity contribution < 1.29 is 13.2 Å². The molecule has 2 aliphatic carbocycles. The molecule has 1 unspecified atom stereocenters. The van der Waals surface area contributed by atoms with Gasteiger partial charge in [0, 0.05) is 6.04 Å². The van der Waals surface area contributed by atoms with Gasteiger partial charge in [-0.25, -0.2) is 13.2 Å². The summed E-state index contributed by atoms with van der Waals surface area (Å²) >= 11 is 0. The van der Waals surface area contributed by atoms with E-state index in [0.29, 0.717) is 5.92 Å². The van der Waals surface area contributed by atoms with Gasteiger partial charge >= 0.3 is 0 Å². The molecule has 0 radical (unpaired) electrons. The second kappa shape index (κ2) is 4.15. The highest BCUT2D eigenvalue weighted by Crippen LogP contribution is 2.63. The third-order valence-corrected chi connectivity index (χ3v) is 5.60. The fraction of sp³-hybridized carbons (Fsp3) is 0.625. The van der Waals surface area contributed by atoms with E-state index in [4.69, 9.17) is 0 Å². The average molecular weight is 283 g/mol. The van der Waals surface area contributed by atoms with Crippen LogP contribution in [0.1, 0.15) is 40.0 Å². The Morgan fingerprint density at radius 1 is 1.10 bits per heavy atom. The minimum Gasteiger partial charge on any atom is -0.379 e. The average Bonchev–Trinajstić information content (AvgIpc) is 2.85. The molecule has 1 aromatic carbocycles. The van der Waals surface area contributed by atoms with E-state index >= 15 is 0 Å². The Labute approximate surface area is 117 Å². The molecule has 0 aromatic heterocycles. The van der Waals surface area contributed by atoms with Crippen molar-refractivity contribution in [2.45, 2.75) is 46.1 Å². The fourth-order valence-corrected chi connectivity index (χ4v) is 4.46. The highest BCUT2D eigenvalue weighted by molar-refractivity contribution is 5.48. The summed E-state index contributed by atoms with van der Waals surface area (Å²) in [6, 6.07) is 2.34. The number of anilines is 1. The van der Waals surface area contributed by atoms with Crippen molar-refractivity contribution in [1.82, 2.24) is 0 Å². The van der Waals surface area contributed by atoms with E-state index in [1.165, 1.54) is 12.5 Å². The molecule has 0 aliphatic heterocycles. The van der Waals surface area contributed by atoms with Gasteiger partial charge in [-0.3, -0.25) is 0 Å². The Morgan fingerprint density at radius 2 is 1.80 bits per heavy atom. The van der Waals surface area contributed by atoms with Crippen LogP contribution in [0.25, 0.3) is 0 Å². The zero-order chi connectivity index (χ0) is 14.7. The molecule has 1 aromatic rings. The first-order valence-electron chi connectivity index (χ1n) is 7.16. The maximum Gasteiger partial charge on any atom is 0.196 e. The standard InChI is InChI=1S/C16H20F3N/c1-15(2)9-6-7-16(3,8-9)14(15)20-11-5-4-10(17)12(18)13(11)19/h4-5,9,14,20H,6-8H2,1-3H3/t9-,14?,16+/m0/s1. The van der Waals surface area contributed by atoms with Gasteiger partial charge < -0.3 is 5.32 Å². The van der Waals surface area contributed by atoms with E-state index in [1.54, 1.807) is 0 Å². The Hall–Kier alpha value is -1.19. The molecule has 0 heterocycles. The van der Waals surface area contributed by atoms with Crippen LogP contribution in [0.5, 0.6) is 0 Å². The van der Waals surface area contributed by atoms with Gasteiger partial charge in [-0.15, -0.1) is 0 Å². The lowest BCUT2D eigenvalue weighted by molar-refractivity contribution is 0.155. The number of benzene rings is 1. The summed E-state index contributed by atoms with van der Waals surface area (Å²) in [5, 5.41) is 3.16. The molecule has 1 nitrogen and oxygen atoms in total. The van der Waals surface area contributed by atoms with E-state index in [0.717, 1.165) is 18.9 Å². The molecule has 2 bridgehead atoms. The Bertz CT molecular complexity index is 550. The van der Waals surface area contributed by atoms with Crippen molar-refractivity contribution in [3.63, 3.8) is 0 Å². The van der Waals surface area contributed by atoms with Crippen LogP contribution in [0.3, 0.4) is 0 Å².